The Morgan fingerprint density at radius 3 is 1.83 bits per heavy atom. The fourth-order valence-corrected chi connectivity index (χ4v) is 1.35. The molecule has 0 aliphatic carbocycles. The summed E-state index contributed by atoms with van der Waals surface area (Å²) in [7, 11) is 0. The van der Waals surface area contributed by atoms with Gasteiger partial charge in [-0.1, -0.05) is 27.7 Å². The minimum atomic E-state index is 0.643. The summed E-state index contributed by atoms with van der Waals surface area (Å²) in [6.07, 6.45) is 0. The van der Waals surface area contributed by atoms with Crippen molar-refractivity contribution in [2.45, 2.75) is 47.5 Å². The maximum atomic E-state index is 3.29. The maximum Gasteiger partial charge on any atom is 0.0152 e. The van der Waals surface area contributed by atoms with Crippen LogP contribution >= 0.6 is 0 Å². The molecule has 0 aliphatic heterocycles. The third kappa shape index (κ3) is 2.72. The zero-order chi connectivity index (χ0) is 9.72. The van der Waals surface area contributed by atoms with Crippen LogP contribution in [0.4, 0.5) is 0 Å². The number of hydrogen-bond donors (Lipinski definition) is 1. The van der Waals surface area contributed by atoms with E-state index in [4.69, 9.17) is 0 Å². The molecule has 0 saturated heterocycles. The van der Waals surface area contributed by atoms with E-state index >= 15 is 0 Å². The summed E-state index contributed by atoms with van der Waals surface area (Å²) in [5.41, 5.74) is 4.02. The lowest BCUT2D eigenvalue weighted by Gasteiger charge is -2.01. The van der Waals surface area contributed by atoms with Crippen molar-refractivity contribution in [2.75, 3.05) is 0 Å². The van der Waals surface area contributed by atoms with E-state index in [1.807, 2.05) is 13.8 Å². The Balaban J connectivity index is 0.000000561. The molecular weight excluding hydrogens is 146 g/mol. The molecule has 0 spiro atoms. The summed E-state index contributed by atoms with van der Waals surface area (Å²) in [6.45, 7) is 12.7. The maximum absolute atomic E-state index is 3.29. The van der Waals surface area contributed by atoms with Crippen molar-refractivity contribution in [1.82, 2.24) is 4.98 Å². The minimum absolute atomic E-state index is 0.643. The van der Waals surface area contributed by atoms with Gasteiger partial charge in [-0.25, -0.2) is 0 Å². The molecule has 70 valence electrons. The van der Waals surface area contributed by atoms with Crippen LogP contribution < -0.4 is 0 Å². The molecule has 0 bridgehead atoms. The minimum Gasteiger partial charge on any atom is -0.362 e. The van der Waals surface area contributed by atoms with Crippen LogP contribution in [0.3, 0.4) is 0 Å². The third-order valence-corrected chi connectivity index (χ3v) is 1.81. The van der Waals surface area contributed by atoms with Gasteiger partial charge in [0.15, 0.2) is 0 Å². The number of H-pyrrole nitrogens is 1. The van der Waals surface area contributed by atoms with E-state index < -0.39 is 0 Å². The van der Waals surface area contributed by atoms with Crippen molar-refractivity contribution in [3.05, 3.63) is 23.0 Å². The molecule has 0 amide bonds. The summed E-state index contributed by atoms with van der Waals surface area (Å²) < 4.78 is 0. The summed E-state index contributed by atoms with van der Waals surface area (Å²) in [5.74, 6) is 0.643. The molecule has 1 heteroatoms. The van der Waals surface area contributed by atoms with E-state index in [-0.39, 0.29) is 0 Å². The molecule has 0 atom stereocenters. The third-order valence-electron chi connectivity index (χ3n) is 1.81. The van der Waals surface area contributed by atoms with Gasteiger partial charge in [-0.05, 0) is 31.4 Å². The number of aromatic amines is 1. The van der Waals surface area contributed by atoms with Gasteiger partial charge < -0.3 is 4.98 Å². The monoisotopic (exact) mass is 167 g/mol. The topological polar surface area (TPSA) is 15.8 Å². The normalized spacial score (nSPS) is 9.58. The highest BCUT2D eigenvalue weighted by Gasteiger charge is 2.04. The van der Waals surface area contributed by atoms with Crippen LogP contribution in [0.15, 0.2) is 6.07 Å². The SMILES string of the molecule is CC.Cc1cc(C(C)C)c(C)[nH]1. The number of aryl methyl sites for hydroxylation is 2. The quantitative estimate of drug-likeness (QED) is 0.655. The molecule has 1 rings (SSSR count). The van der Waals surface area contributed by atoms with E-state index in [2.05, 4.69) is 38.7 Å². The van der Waals surface area contributed by atoms with Gasteiger partial charge in [0.2, 0.25) is 0 Å². The Morgan fingerprint density at radius 2 is 1.67 bits per heavy atom. The molecule has 1 N–H and O–H groups in total. The van der Waals surface area contributed by atoms with Crippen molar-refractivity contribution >= 4 is 0 Å². The summed E-state index contributed by atoms with van der Waals surface area (Å²) in [6, 6.07) is 2.22. The van der Waals surface area contributed by atoms with Crippen LogP contribution in [0.25, 0.3) is 0 Å². The predicted molar refractivity (Wildman–Crippen MR) is 55.7 cm³/mol. The van der Waals surface area contributed by atoms with Crippen molar-refractivity contribution in [3.8, 4) is 0 Å². The zero-order valence-electron chi connectivity index (χ0n) is 9.15. The molecule has 0 unspecified atom stereocenters. The largest absolute Gasteiger partial charge is 0.362 e. The highest BCUT2D eigenvalue weighted by Crippen LogP contribution is 2.18. The number of hydrogen-bond acceptors (Lipinski definition) is 0. The Hall–Kier alpha value is -0.720. The van der Waals surface area contributed by atoms with Gasteiger partial charge in [-0.2, -0.15) is 0 Å². The number of aromatic nitrogens is 1. The Bertz CT molecular complexity index is 221. The molecule has 0 fully saturated rings. The second-order valence-corrected chi connectivity index (χ2v) is 3.19. The Morgan fingerprint density at radius 1 is 1.17 bits per heavy atom. The molecule has 1 aromatic rings. The molecular formula is C11H21N. The lowest BCUT2D eigenvalue weighted by molar-refractivity contribution is 0.857. The first-order valence-electron chi connectivity index (χ1n) is 4.77. The van der Waals surface area contributed by atoms with Gasteiger partial charge >= 0.3 is 0 Å². The average Bonchev–Trinajstić information content (AvgIpc) is 2.34. The highest BCUT2D eigenvalue weighted by molar-refractivity contribution is 5.26. The smallest absolute Gasteiger partial charge is 0.0152 e. The molecule has 0 saturated carbocycles. The first kappa shape index (κ1) is 11.3. The van der Waals surface area contributed by atoms with Crippen LogP contribution in [0.2, 0.25) is 0 Å². The van der Waals surface area contributed by atoms with Crippen LogP contribution in [-0.2, 0) is 0 Å². The lowest BCUT2D eigenvalue weighted by atomic mass is 10.0. The molecule has 1 aromatic heterocycles. The van der Waals surface area contributed by atoms with E-state index in [0.29, 0.717) is 5.92 Å². The fourth-order valence-electron chi connectivity index (χ4n) is 1.35. The predicted octanol–water partition coefficient (Wildman–Crippen LogP) is 3.78. The van der Waals surface area contributed by atoms with Gasteiger partial charge in [0.25, 0.3) is 0 Å². The van der Waals surface area contributed by atoms with Gasteiger partial charge in [0.05, 0.1) is 0 Å². The molecule has 0 aromatic carbocycles. The van der Waals surface area contributed by atoms with E-state index in [9.17, 15) is 0 Å². The summed E-state index contributed by atoms with van der Waals surface area (Å²) in [5, 5.41) is 0. The molecule has 12 heavy (non-hydrogen) atoms. The van der Waals surface area contributed by atoms with Gasteiger partial charge in [0.1, 0.15) is 0 Å². The van der Waals surface area contributed by atoms with Crippen molar-refractivity contribution < 1.29 is 0 Å². The van der Waals surface area contributed by atoms with Crippen LogP contribution in [0.5, 0.6) is 0 Å². The molecule has 0 aliphatic rings. The number of rotatable bonds is 1. The molecule has 1 nitrogen and oxygen atoms in total. The van der Waals surface area contributed by atoms with E-state index in [1.54, 1.807) is 0 Å². The Kier molecular flexibility index (Phi) is 4.72. The fraction of sp³-hybridized carbons (Fsp3) is 0.636. The molecule has 0 radical (unpaired) electrons. The first-order chi connectivity index (χ1) is 5.61. The van der Waals surface area contributed by atoms with Crippen molar-refractivity contribution in [2.24, 2.45) is 0 Å². The standard InChI is InChI=1S/C9H15N.C2H6/c1-6(2)9-5-7(3)10-8(9)4;1-2/h5-6,10H,1-4H3;1-2H3. The van der Waals surface area contributed by atoms with Crippen molar-refractivity contribution in [1.29, 1.82) is 0 Å². The average molecular weight is 167 g/mol. The first-order valence-corrected chi connectivity index (χ1v) is 4.77. The van der Waals surface area contributed by atoms with Crippen molar-refractivity contribution in [3.63, 3.8) is 0 Å². The zero-order valence-corrected chi connectivity index (χ0v) is 9.15. The van der Waals surface area contributed by atoms with Crippen LogP contribution in [-0.4, -0.2) is 4.98 Å². The van der Waals surface area contributed by atoms with Crippen LogP contribution in [0, 0.1) is 13.8 Å². The van der Waals surface area contributed by atoms with E-state index in [0.717, 1.165) is 0 Å². The lowest BCUT2D eigenvalue weighted by Crippen LogP contribution is -1.86. The second kappa shape index (κ2) is 5.02. The van der Waals surface area contributed by atoms with Gasteiger partial charge in [-0.3, -0.25) is 0 Å². The van der Waals surface area contributed by atoms with E-state index in [1.165, 1.54) is 17.0 Å². The van der Waals surface area contributed by atoms with Gasteiger partial charge in [-0.15, -0.1) is 0 Å². The Labute approximate surface area is 76.2 Å². The highest BCUT2D eigenvalue weighted by atomic mass is 14.7. The molecule has 1 heterocycles. The van der Waals surface area contributed by atoms with Crippen LogP contribution in [0.1, 0.15) is 50.6 Å². The number of nitrogens with one attached hydrogen (secondary N) is 1. The van der Waals surface area contributed by atoms with Gasteiger partial charge in [0, 0.05) is 11.4 Å². The summed E-state index contributed by atoms with van der Waals surface area (Å²) >= 11 is 0. The second-order valence-electron chi connectivity index (χ2n) is 3.19. The summed E-state index contributed by atoms with van der Waals surface area (Å²) in [4.78, 5) is 3.29.